The normalized spacial score (nSPS) is 15.8. The van der Waals surface area contributed by atoms with Crippen molar-refractivity contribution in [2.24, 2.45) is 0 Å². The molecule has 1 saturated heterocycles. The highest BCUT2D eigenvalue weighted by molar-refractivity contribution is 7.99. The number of nitrogens with zero attached hydrogens (tertiary/aromatic N) is 2. The smallest absolute Gasteiger partial charge is 0.0568 e. The number of hydrogen-bond acceptors (Lipinski definition) is 3. The van der Waals surface area contributed by atoms with Crippen molar-refractivity contribution in [1.29, 1.82) is 0 Å². The second-order valence-electron chi connectivity index (χ2n) is 5.33. The number of thioether (sulfide) groups is 1. The number of rotatable bonds is 5. The minimum Gasteiger partial charge on any atom is -0.303 e. The van der Waals surface area contributed by atoms with Crippen LogP contribution in [0.3, 0.4) is 0 Å². The van der Waals surface area contributed by atoms with Gasteiger partial charge in [-0.2, -0.15) is 5.10 Å². The summed E-state index contributed by atoms with van der Waals surface area (Å²) >= 11 is 1.95. The van der Waals surface area contributed by atoms with Crippen LogP contribution >= 0.6 is 11.8 Å². The molecule has 1 aromatic heterocycles. The lowest BCUT2D eigenvalue weighted by Crippen LogP contribution is -2.21. The summed E-state index contributed by atoms with van der Waals surface area (Å²) in [6.07, 6.45) is 4.66. The maximum Gasteiger partial charge on any atom is 0.0568 e. The molecule has 1 aliphatic rings. The van der Waals surface area contributed by atoms with Gasteiger partial charge in [0.2, 0.25) is 0 Å². The lowest BCUT2D eigenvalue weighted by atomic mass is 10.1. The number of nitrogens with one attached hydrogen (secondary N) is 1. The van der Waals surface area contributed by atoms with Crippen LogP contribution in [0.4, 0.5) is 0 Å². The summed E-state index contributed by atoms with van der Waals surface area (Å²) in [7, 11) is 0. The van der Waals surface area contributed by atoms with Crippen molar-refractivity contribution in [2.75, 3.05) is 25.4 Å². The van der Waals surface area contributed by atoms with Crippen molar-refractivity contribution in [3.63, 3.8) is 0 Å². The summed E-state index contributed by atoms with van der Waals surface area (Å²) in [4.78, 5) is 3.92. The maximum absolute atomic E-state index is 4.10. The summed E-state index contributed by atoms with van der Waals surface area (Å²) in [6, 6.07) is 8.77. The lowest BCUT2D eigenvalue weighted by molar-refractivity contribution is 0.362. The molecule has 1 fully saturated rings. The zero-order valence-corrected chi connectivity index (χ0v) is 12.7. The van der Waals surface area contributed by atoms with Gasteiger partial charge in [0, 0.05) is 28.5 Å². The van der Waals surface area contributed by atoms with E-state index in [9.17, 15) is 0 Å². The number of H-pyrrole nitrogens is 1. The molecule has 0 radical (unpaired) electrons. The van der Waals surface area contributed by atoms with Crippen LogP contribution in [0.5, 0.6) is 0 Å². The van der Waals surface area contributed by atoms with Gasteiger partial charge in [-0.15, -0.1) is 11.8 Å². The summed E-state index contributed by atoms with van der Waals surface area (Å²) in [5.41, 5.74) is 3.58. The standard InChI is InChI=1S/C16H21N3S/c1-13-16(12-17-18-13)14-5-4-6-15(11-14)20-10-9-19-7-2-3-8-19/h4-6,11-12H,2-3,7-10H2,1H3,(H,17,18). The third-order valence-corrected chi connectivity index (χ3v) is 4.82. The Morgan fingerprint density at radius 3 is 2.90 bits per heavy atom. The highest BCUT2D eigenvalue weighted by Gasteiger charge is 2.11. The molecule has 3 nitrogen and oxygen atoms in total. The fraction of sp³-hybridized carbons (Fsp3) is 0.438. The van der Waals surface area contributed by atoms with E-state index in [1.807, 2.05) is 18.0 Å². The van der Waals surface area contributed by atoms with E-state index < -0.39 is 0 Å². The van der Waals surface area contributed by atoms with E-state index >= 15 is 0 Å². The van der Waals surface area contributed by atoms with Crippen molar-refractivity contribution in [1.82, 2.24) is 15.1 Å². The number of aryl methyl sites for hydroxylation is 1. The van der Waals surface area contributed by atoms with Gasteiger partial charge in [0.25, 0.3) is 0 Å². The van der Waals surface area contributed by atoms with Crippen molar-refractivity contribution in [2.45, 2.75) is 24.7 Å². The second kappa shape index (κ2) is 6.46. The van der Waals surface area contributed by atoms with Crippen molar-refractivity contribution < 1.29 is 0 Å². The van der Waals surface area contributed by atoms with E-state index in [1.165, 1.54) is 54.3 Å². The number of likely N-dealkylation sites (tertiary alicyclic amines) is 1. The van der Waals surface area contributed by atoms with E-state index in [-0.39, 0.29) is 0 Å². The summed E-state index contributed by atoms with van der Waals surface area (Å²) in [5.74, 6) is 1.17. The molecule has 1 aromatic carbocycles. The van der Waals surface area contributed by atoms with Crippen molar-refractivity contribution >= 4 is 11.8 Å². The SMILES string of the molecule is Cc1[nH]ncc1-c1cccc(SCCN2CCCC2)c1. The van der Waals surface area contributed by atoms with E-state index in [0.29, 0.717) is 0 Å². The number of benzene rings is 1. The Morgan fingerprint density at radius 2 is 2.15 bits per heavy atom. The zero-order chi connectivity index (χ0) is 13.8. The monoisotopic (exact) mass is 287 g/mol. The van der Waals surface area contributed by atoms with Gasteiger partial charge in [-0.3, -0.25) is 5.10 Å². The molecule has 20 heavy (non-hydrogen) atoms. The maximum atomic E-state index is 4.10. The number of aromatic nitrogens is 2. The first-order chi connectivity index (χ1) is 9.83. The van der Waals surface area contributed by atoms with E-state index in [0.717, 1.165) is 5.69 Å². The fourth-order valence-electron chi connectivity index (χ4n) is 2.69. The minimum absolute atomic E-state index is 1.13. The molecule has 2 heterocycles. The van der Waals surface area contributed by atoms with E-state index in [2.05, 4.69) is 46.3 Å². The second-order valence-corrected chi connectivity index (χ2v) is 6.50. The molecule has 0 unspecified atom stereocenters. The predicted molar refractivity (Wildman–Crippen MR) is 85.2 cm³/mol. The third kappa shape index (κ3) is 3.25. The molecule has 3 rings (SSSR count). The van der Waals surface area contributed by atoms with Crippen LogP contribution in [-0.2, 0) is 0 Å². The Kier molecular flexibility index (Phi) is 4.43. The predicted octanol–water partition coefficient (Wildman–Crippen LogP) is 3.57. The summed E-state index contributed by atoms with van der Waals surface area (Å²) in [5, 5.41) is 7.11. The first-order valence-electron chi connectivity index (χ1n) is 7.28. The van der Waals surface area contributed by atoms with Gasteiger partial charge in [0.1, 0.15) is 0 Å². The van der Waals surface area contributed by atoms with Crippen LogP contribution in [0.15, 0.2) is 35.4 Å². The molecule has 1 aliphatic heterocycles. The fourth-order valence-corrected chi connectivity index (χ4v) is 3.66. The first kappa shape index (κ1) is 13.7. The van der Waals surface area contributed by atoms with Gasteiger partial charge in [-0.05, 0) is 50.6 Å². The Morgan fingerprint density at radius 1 is 1.30 bits per heavy atom. The average molecular weight is 287 g/mol. The van der Waals surface area contributed by atoms with E-state index in [4.69, 9.17) is 0 Å². The van der Waals surface area contributed by atoms with Gasteiger partial charge in [-0.25, -0.2) is 0 Å². The Labute approximate surface area is 124 Å². The van der Waals surface area contributed by atoms with Crippen LogP contribution in [0, 0.1) is 6.92 Å². The molecule has 0 aliphatic carbocycles. The zero-order valence-electron chi connectivity index (χ0n) is 11.9. The molecule has 0 spiro atoms. The van der Waals surface area contributed by atoms with Crippen LogP contribution in [0.1, 0.15) is 18.5 Å². The van der Waals surface area contributed by atoms with Crippen LogP contribution in [0.2, 0.25) is 0 Å². The molecule has 0 amide bonds. The topological polar surface area (TPSA) is 31.9 Å². The molecule has 106 valence electrons. The van der Waals surface area contributed by atoms with Gasteiger partial charge in [0.05, 0.1) is 6.20 Å². The van der Waals surface area contributed by atoms with E-state index in [1.54, 1.807) is 0 Å². The molecule has 1 N–H and O–H groups in total. The van der Waals surface area contributed by atoms with Crippen LogP contribution in [0.25, 0.3) is 11.1 Å². The molecule has 0 atom stereocenters. The molecular formula is C16H21N3S. The van der Waals surface area contributed by atoms with Crippen LogP contribution < -0.4 is 0 Å². The number of hydrogen-bond donors (Lipinski definition) is 1. The molecule has 4 heteroatoms. The van der Waals surface area contributed by atoms with Gasteiger partial charge in [0.15, 0.2) is 0 Å². The highest BCUT2D eigenvalue weighted by Crippen LogP contribution is 2.27. The number of aromatic amines is 1. The summed E-state index contributed by atoms with van der Waals surface area (Å²) in [6.45, 7) is 5.85. The minimum atomic E-state index is 1.13. The first-order valence-corrected chi connectivity index (χ1v) is 8.27. The molecular weight excluding hydrogens is 266 g/mol. The Balaban J connectivity index is 1.61. The Bertz CT molecular complexity index is 558. The van der Waals surface area contributed by atoms with Crippen molar-refractivity contribution in [3.05, 3.63) is 36.2 Å². The Hall–Kier alpha value is -1.26. The molecule has 0 bridgehead atoms. The largest absolute Gasteiger partial charge is 0.303 e. The lowest BCUT2D eigenvalue weighted by Gasteiger charge is -2.13. The van der Waals surface area contributed by atoms with Crippen LogP contribution in [-0.4, -0.2) is 40.5 Å². The van der Waals surface area contributed by atoms with Gasteiger partial charge in [-0.1, -0.05) is 12.1 Å². The quantitative estimate of drug-likeness (QED) is 0.853. The third-order valence-electron chi connectivity index (χ3n) is 3.85. The molecule has 0 saturated carbocycles. The van der Waals surface area contributed by atoms with Gasteiger partial charge >= 0.3 is 0 Å². The van der Waals surface area contributed by atoms with Gasteiger partial charge < -0.3 is 4.90 Å². The molecule has 2 aromatic rings. The average Bonchev–Trinajstić information content (AvgIpc) is 3.11. The van der Waals surface area contributed by atoms with Crippen molar-refractivity contribution in [3.8, 4) is 11.1 Å². The highest BCUT2D eigenvalue weighted by atomic mass is 32.2. The summed E-state index contributed by atoms with van der Waals surface area (Å²) < 4.78 is 0.